The van der Waals surface area contributed by atoms with Gasteiger partial charge in [-0.15, -0.1) is 6.58 Å². The van der Waals surface area contributed by atoms with Crippen molar-refractivity contribution in [2.24, 2.45) is 17.3 Å². The Morgan fingerprint density at radius 3 is 2.27 bits per heavy atom. The summed E-state index contributed by atoms with van der Waals surface area (Å²) in [6.45, 7) is 11.0. The van der Waals surface area contributed by atoms with Gasteiger partial charge in [0.2, 0.25) is 5.91 Å². The maximum Gasteiger partial charge on any atom is 0.416 e. The summed E-state index contributed by atoms with van der Waals surface area (Å²) >= 11 is 5.36. The van der Waals surface area contributed by atoms with E-state index in [0.717, 1.165) is 36.9 Å². The number of pyridine rings is 1. The average Bonchev–Trinajstić information content (AvgIpc) is 3.04. The van der Waals surface area contributed by atoms with Crippen LogP contribution in [-0.4, -0.2) is 53.2 Å². The second-order valence-electron chi connectivity index (χ2n) is 13.7. The molecule has 0 spiro atoms. The molecule has 0 aliphatic carbocycles. The maximum atomic E-state index is 14.3. The predicted molar refractivity (Wildman–Crippen MR) is 180 cm³/mol. The molecule has 6 rings (SSSR count). The molecule has 0 radical (unpaired) electrons. The number of carbonyl (C=O) groups is 1. The minimum Gasteiger partial charge on any atom is -0.497 e. The number of thiocarbonyl (C=S) groups is 1. The van der Waals surface area contributed by atoms with Crippen LogP contribution in [0, 0.1) is 17.3 Å². The van der Waals surface area contributed by atoms with Gasteiger partial charge in [-0.3, -0.25) is 14.7 Å². The fourth-order valence-electron chi connectivity index (χ4n) is 6.89. The normalized spacial score (nSPS) is 22.2. The number of halogens is 6. The van der Waals surface area contributed by atoms with Crippen LogP contribution in [0.4, 0.5) is 32.0 Å². The van der Waals surface area contributed by atoms with Crippen molar-refractivity contribution in [2.45, 2.75) is 64.1 Å². The molecule has 3 aliphatic rings. The molecule has 49 heavy (non-hydrogen) atoms. The minimum atomic E-state index is -5.03. The number of piperidine rings is 3. The molecule has 3 fully saturated rings. The molecule has 1 amide bonds. The van der Waals surface area contributed by atoms with E-state index >= 15 is 0 Å². The highest BCUT2D eigenvalue weighted by Gasteiger charge is 2.45. The van der Waals surface area contributed by atoms with E-state index in [9.17, 15) is 31.1 Å². The lowest BCUT2D eigenvalue weighted by Crippen LogP contribution is -2.60. The second kappa shape index (κ2) is 13.8. The Bertz CT molecular complexity index is 1690. The molecule has 2 aromatic carbocycles. The topological polar surface area (TPSA) is 78.5 Å². The number of hydrogen-bond donors (Lipinski definition) is 3. The highest BCUT2D eigenvalue weighted by molar-refractivity contribution is 7.80. The molecule has 1 aromatic heterocycles. The second-order valence-corrected chi connectivity index (χ2v) is 14.1. The molecule has 6 atom stereocenters. The zero-order chi connectivity index (χ0) is 35.9. The molecule has 4 heterocycles. The van der Waals surface area contributed by atoms with E-state index in [2.05, 4.69) is 32.4 Å². The summed E-state index contributed by atoms with van der Waals surface area (Å²) in [5, 5.41) is 9.07. The Morgan fingerprint density at radius 2 is 1.71 bits per heavy atom. The molecule has 4 unspecified atom stereocenters. The number of anilines is 1. The van der Waals surface area contributed by atoms with Gasteiger partial charge in [0.1, 0.15) is 11.8 Å². The molecule has 3 aliphatic heterocycles. The first-order chi connectivity index (χ1) is 22.9. The highest BCUT2D eigenvalue weighted by Crippen LogP contribution is 2.43. The number of ether oxygens (including phenoxy) is 1. The molecule has 3 N–H and O–H groups in total. The largest absolute Gasteiger partial charge is 0.497 e. The maximum absolute atomic E-state index is 14.3. The van der Waals surface area contributed by atoms with Crippen molar-refractivity contribution in [3.63, 3.8) is 0 Å². The van der Waals surface area contributed by atoms with E-state index in [-0.39, 0.29) is 17.2 Å². The van der Waals surface area contributed by atoms with Crippen LogP contribution in [0.3, 0.4) is 0 Å². The molecule has 3 saturated heterocycles. The first-order valence-electron chi connectivity index (χ1n) is 15.9. The lowest BCUT2D eigenvalue weighted by atomic mass is 9.73. The highest BCUT2D eigenvalue weighted by atomic mass is 32.1. The Kier molecular flexibility index (Phi) is 10.2. The lowest BCUT2D eigenvalue weighted by molar-refractivity contribution is -0.143. The van der Waals surface area contributed by atoms with Gasteiger partial charge in [0, 0.05) is 29.9 Å². The molecular formula is C35H39F6N5O2S. The third kappa shape index (κ3) is 8.12. The molecule has 14 heteroatoms. The van der Waals surface area contributed by atoms with Gasteiger partial charge in [0.25, 0.3) is 0 Å². The summed E-state index contributed by atoms with van der Waals surface area (Å²) in [7, 11) is 1.57. The smallest absolute Gasteiger partial charge is 0.416 e. The van der Waals surface area contributed by atoms with E-state index in [1.165, 1.54) is 0 Å². The Balaban J connectivity index is 1.47. The predicted octanol–water partition coefficient (Wildman–Crippen LogP) is 7.74. The molecule has 7 nitrogen and oxygen atoms in total. The number of methoxy groups -OCH3 is 1. The van der Waals surface area contributed by atoms with Gasteiger partial charge in [-0.2, -0.15) is 26.3 Å². The summed E-state index contributed by atoms with van der Waals surface area (Å²) in [6.07, 6.45) is -4.57. The number of alkyl halides is 6. The Hall–Kier alpha value is -3.91. The van der Waals surface area contributed by atoms with Crippen molar-refractivity contribution >= 4 is 39.8 Å². The number of nitrogens with zero attached hydrogens (tertiary/aromatic N) is 2. The Labute approximate surface area is 286 Å². The quantitative estimate of drug-likeness (QED) is 0.126. The number of hydrogen-bond acceptors (Lipinski definition) is 5. The van der Waals surface area contributed by atoms with E-state index in [1.54, 1.807) is 34.1 Å². The van der Waals surface area contributed by atoms with Crippen molar-refractivity contribution in [2.75, 3.05) is 25.5 Å². The third-order valence-electron chi connectivity index (χ3n) is 9.40. The van der Waals surface area contributed by atoms with E-state index < -0.39 is 52.6 Å². The number of aromatic nitrogens is 1. The van der Waals surface area contributed by atoms with Crippen molar-refractivity contribution in [1.29, 1.82) is 0 Å². The number of amides is 1. The van der Waals surface area contributed by atoms with Crippen molar-refractivity contribution in [3.8, 4) is 5.75 Å². The minimum absolute atomic E-state index is 0.0385. The first kappa shape index (κ1) is 36.4. The van der Waals surface area contributed by atoms with Crippen molar-refractivity contribution in [3.05, 3.63) is 78.0 Å². The van der Waals surface area contributed by atoms with E-state index in [1.807, 2.05) is 30.3 Å². The summed E-state index contributed by atoms with van der Waals surface area (Å²) in [5.74, 6) is 0.893. The fourth-order valence-corrected chi connectivity index (χ4v) is 7.12. The van der Waals surface area contributed by atoms with Crippen molar-refractivity contribution < 1.29 is 35.9 Å². The Morgan fingerprint density at radius 1 is 1.04 bits per heavy atom. The molecular weight excluding hydrogens is 668 g/mol. The fraction of sp³-hybridized carbons (Fsp3) is 0.457. The standard InChI is InChI=1S/C35H39F6N5O2S/c1-6-19-18-46-12-10-20(19)13-28(46)29(25-9-11-42-27-8-7-24(48-5)17-26(25)27)44-31(47)30(33(2,3)4)45-32(49)43-23-15-21(34(36,37)38)14-22(16-23)35(39,40)41/h6-9,11,14-17,19-20,28-30H,1,10,12-13,18H2,2-5H3,(H,44,47)(H2,43,45,49)/t19?,20?,28?,29-,30-/m1/s1. The lowest BCUT2D eigenvalue weighted by Gasteiger charge is -2.52. The van der Waals surface area contributed by atoms with Crippen LogP contribution < -0.4 is 20.7 Å². The SMILES string of the molecule is C=CC1CN2CCC1CC2[C@H](NC(=O)[C@@H](NC(=S)Nc1cc(C(F)(F)F)cc(C(F)(F)F)c1)C(C)(C)C)c1ccnc2ccc(OC)cc12. The van der Waals surface area contributed by atoms with Crippen LogP contribution in [0.2, 0.25) is 0 Å². The van der Waals surface area contributed by atoms with Crippen LogP contribution in [0.25, 0.3) is 10.9 Å². The van der Waals surface area contributed by atoms with Crippen LogP contribution in [0.15, 0.2) is 61.3 Å². The average molecular weight is 708 g/mol. The number of carbonyl (C=O) groups excluding carboxylic acids is 1. The summed E-state index contributed by atoms with van der Waals surface area (Å²) in [4.78, 5) is 21.2. The van der Waals surface area contributed by atoms with Gasteiger partial charge in [-0.05, 0) is 96.9 Å². The van der Waals surface area contributed by atoms with Gasteiger partial charge in [0.15, 0.2) is 5.11 Å². The van der Waals surface area contributed by atoms with Crippen LogP contribution in [-0.2, 0) is 17.1 Å². The van der Waals surface area contributed by atoms with Gasteiger partial charge in [-0.1, -0.05) is 26.8 Å². The van der Waals surface area contributed by atoms with Gasteiger partial charge >= 0.3 is 12.4 Å². The summed E-state index contributed by atoms with van der Waals surface area (Å²) in [5.41, 5.74) is -2.75. The molecule has 264 valence electrons. The number of nitrogens with one attached hydrogen (secondary N) is 3. The third-order valence-corrected chi connectivity index (χ3v) is 9.62. The number of benzene rings is 2. The monoisotopic (exact) mass is 707 g/mol. The summed E-state index contributed by atoms with van der Waals surface area (Å²) < 4.78 is 86.4. The van der Waals surface area contributed by atoms with Gasteiger partial charge in [-0.25, -0.2) is 0 Å². The van der Waals surface area contributed by atoms with Crippen LogP contribution >= 0.6 is 12.2 Å². The molecule has 3 aromatic rings. The van der Waals surface area contributed by atoms with Crippen LogP contribution in [0.1, 0.15) is 56.3 Å². The van der Waals surface area contributed by atoms with Gasteiger partial charge < -0.3 is 20.7 Å². The number of rotatable bonds is 8. The molecule has 2 bridgehead atoms. The first-order valence-corrected chi connectivity index (χ1v) is 16.3. The summed E-state index contributed by atoms with van der Waals surface area (Å²) in [6, 6.07) is 6.90. The van der Waals surface area contributed by atoms with Crippen LogP contribution in [0.5, 0.6) is 5.75 Å². The van der Waals surface area contributed by atoms with Crippen molar-refractivity contribution in [1.82, 2.24) is 20.5 Å². The zero-order valence-electron chi connectivity index (χ0n) is 27.5. The van der Waals surface area contributed by atoms with E-state index in [0.29, 0.717) is 35.2 Å². The van der Waals surface area contributed by atoms with Gasteiger partial charge in [0.05, 0.1) is 29.8 Å². The van der Waals surface area contributed by atoms with E-state index in [4.69, 9.17) is 17.0 Å². The molecule has 0 saturated carbocycles. The number of fused-ring (bicyclic) bond motifs is 4. The zero-order valence-corrected chi connectivity index (χ0v) is 28.3.